The second-order valence-corrected chi connectivity index (χ2v) is 9.34. The van der Waals surface area contributed by atoms with Crippen LogP contribution in [0, 0.1) is 0 Å². The molecule has 1 aliphatic rings. The Morgan fingerprint density at radius 2 is 1.77 bits per heavy atom. The van der Waals surface area contributed by atoms with Crippen molar-refractivity contribution in [3.63, 3.8) is 0 Å². The molecule has 0 saturated heterocycles. The number of nitrogens with zero attached hydrogens (tertiary/aromatic N) is 2. The van der Waals surface area contributed by atoms with Crippen molar-refractivity contribution < 1.29 is 27.8 Å². The van der Waals surface area contributed by atoms with Crippen LogP contribution in [0.2, 0.25) is 0 Å². The first-order valence-electron chi connectivity index (χ1n) is 11.0. The number of aliphatic hydroxyl groups is 1. The summed E-state index contributed by atoms with van der Waals surface area (Å²) in [4.78, 5) is 20.7. The number of hydrogen-bond acceptors (Lipinski definition) is 6. The number of carbonyl (C=O) groups is 1. The van der Waals surface area contributed by atoms with E-state index in [1.807, 2.05) is 18.2 Å². The minimum Gasteiger partial charge on any atom is -0.444 e. The van der Waals surface area contributed by atoms with Crippen LogP contribution in [0.5, 0.6) is 0 Å². The molecule has 1 aromatic heterocycles. The van der Waals surface area contributed by atoms with Gasteiger partial charge < -0.3 is 15.2 Å². The van der Waals surface area contributed by atoms with Gasteiger partial charge in [0.2, 0.25) is 0 Å². The van der Waals surface area contributed by atoms with Gasteiger partial charge in [0.15, 0.2) is 0 Å². The first kappa shape index (κ1) is 24.5. The lowest BCUT2D eigenvalue weighted by Crippen LogP contribution is -2.27. The maximum Gasteiger partial charge on any atom is 0.416 e. The zero-order valence-electron chi connectivity index (χ0n) is 19.4. The third kappa shape index (κ3) is 6.07. The number of aromatic nitrogens is 2. The van der Waals surface area contributed by atoms with Crippen LogP contribution in [0.1, 0.15) is 37.5 Å². The van der Waals surface area contributed by atoms with Crippen LogP contribution in [0.4, 0.5) is 35.2 Å². The van der Waals surface area contributed by atoms with Crippen molar-refractivity contribution in [2.45, 2.75) is 51.5 Å². The van der Waals surface area contributed by atoms with Crippen LogP contribution in [0.25, 0.3) is 11.3 Å². The normalized spacial score (nSPS) is 15.5. The summed E-state index contributed by atoms with van der Waals surface area (Å²) in [7, 11) is 0. The van der Waals surface area contributed by atoms with Gasteiger partial charge in [0.25, 0.3) is 0 Å². The second kappa shape index (κ2) is 9.18. The van der Waals surface area contributed by atoms with Crippen molar-refractivity contribution in [3.05, 3.63) is 65.5 Å². The summed E-state index contributed by atoms with van der Waals surface area (Å²) >= 11 is 0. The Bertz CT molecular complexity index is 1260. The lowest BCUT2D eigenvalue weighted by molar-refractivity contribution is -0.137. The fourth-order valence-corrected chi connectivity index (χ4v) is 3.85. The van der Waals surface area contributed by atoms with E-state index >= 15 is 0 Å². The van der Waals surface area contributed by atoms with Gasteiger partial charge in [-0.2, -0.15) is 13.2 Å². The van der Waals surface area contributed by atoms with Crippen molar-refractivity contribution in [1.29, 1.82) is 0 Å². The average Bonchev–Trinajstić information content (AvgIpc) is 3.11. The standard InChI is InChI=1S/C25H25F3N4O3/c1-24(2,3)35-23(34)32-21-11-16(25(26,27)28)5-7-19(21)20-12-22(30-13-29-20)31-17-6-4-14-9-18(33)10-15(14)8-17/h4-8,11-13,18,33H,9-10H2,1-3H3,(H,32,34)(H,29,30,31). The lowest BCUT2D eigenvalue weighted by Gasteiger charge is -2.21. The molecule has 1 atom stereocenters. The number of halogens is 3. The minimum absolute atomic E-state index is 0.0924. The van der Waals surface area contributed by atoms with Gasteiger partial charge in [0.1, 0.15) is 17.7 Å². The van der Waals surface area contributed by atoms with Gasteiger partial charge in [-0.15, -0.1) is 0 Å². The monoisotopic (exact) mass is 486 g/mol. The van der Waals surface area contributed by atoms with Gasteiger partial charge in [0, 0.05) is 17.3 Å². The summed E-state index contributed by atoms with van der Waals surface area (Å²) in [6, 6.07) is 10.3. The average molecular weight is 486 g/mol. The highest BCUT2D eigenvalue weighted by Crippen LogP contribution is 2.36. The second-order valence-electron chi connectivity index (χ2n) is 9.34. The van der Waals surface area contributed by atoms with Gasteiger partial charge in [-0.1, -0.05) is 12.1 Å². The van der Waals surface area contributed by atoms with Gasteiger partial charge >= 0.3 is 12.3 Å². The highest BCUT2D eigenvalue weighted by molar-refractivity contribution is 5.91. The number of hydrogen-bond donors (Lipinski definition) is 3. The molecule has 10 heteroatoms. The number of anilines is 3. The SMILES string of the molecule is CC(C)(C)OC(=O)Nc1cc(C(F)(F)F)ccc1-c1cc(Nc2ccc3c(c2)CC(O)C3)ncn1. The molecular formula is C25H25F3N4O3. The Balaban J connectivity index is 1.64. The molecule has 3 N–H and O–H groups in total. The molecule has 0 spiro atoms. The lowest BCUT2D eigenvalue weighted by atomic mass is 10.1. The third-order valence-corrected chi connectivity index (χ3v) is 5.32. The van der Waals surface area contributed by atoms with E-state index in [2.05, 4.69) is 20.6 Å². The number of ether oxygens (including phenoxy) is 1. The highest BCUT2D eigenvalue weighted by Gasteiger charge is 2.32. The largest absolute Gasteiger partial charge is 0.444 e. The number of alkyl halides is 3. The van der Waals surface area contributed by atoms with Crippen molar-refractivity contribution >= 4 is 23.3 Å². The molecule has 1 unspecified atom stereocenters. The molecule has 184 valence electrons. The number of fused-ring (bicyclic) bond motifs is 1. The summed E-state index contributed by atoms with van der Waals surface area (Å²) in [6.45, 7) is 4.96. The summed E-state index contributed by atoms with van der Waals surface area (Å²) in [5, 5.41) is 15.4. The van der Waals surface area contributed by atoms with Crippen LogP contribution in [0.15, 0.2) is 48.8 Å². The number of nitrogens with one attached hydrogen (secondary N) is 2. The van der Waals surface area contributed by atoms with Crippen molar-refractivity contribution in [2.24, 2.45) is 0 Å². The van der Waals surface area contributed by atoms with Crippen LogP contribution in [-0.4, -0.2) is 32.9 Å². The van der Waals surface area contributed by atoms with Gasteiger partial charge in [0.05, 0.1) is 23.0 Å². The number of amides is 1. The van der Waals surface area contributed by atoms with Crippen LogP contribution < -0.4 is 10.6 Å². The van der Waals surface area contributed by atoms with Crippen molar-refractivity contribution in [1.82, 2.24) is 9.97 Å². The number of aliphatic hydroxyl groups excluding tert-OH is 1. The maximum atomic E-state index is 13.3. The molecule has 0 bridgehead atoms. The van der Waals surface area contributed by atoms with Crippen LogP contribution >= 0.6 is 0 Å². The van der Waals surface area contributed by atoms with Gasteiger partial charge in [-0.3, -0.25) is 5.32 Å². The molecule has 0 aliphatic heterocycles. The molecule has 0 saturated carbocycles. The Morgan fingerprint density at radius 1 is 1.03 bits per heavy atom. The van der Waals surface area contributed by atoms with Crippen LogP contribution in [0.3, 0.4) is 0 Å². The van der Waals surface area contributed by atoms with E-state index in [0.717, 1.165) is 28.9 Å². The number of carbonyl (C=O) groups excluding carboxylic acids is 1. The fraction of sp³-hybridized carbons (Fsp3) is 0.320. The summed E-state index contributed by atoms with van der Waals surface area (Å²) in [5.74, 6) is 0.414. The molecule has 1 amide bonds. The third-order valence-electron chi connectivity index (χ3n) is 5.32. The fourth-order valence-electron chi connectivity index (χ4n) is 3.85. The Morgan fingerprint density at radius 3 is 2.49 bits per heavy atom. The number of rotatable bonds is 4. The molecule has 7 nitrogen and oxygen atoms in total. The predicted octanol–water partition coefficient (Wildman–Crippen LogP) is 5.71. The first-order valence-corrected chi connectivity index (χ1v) is 11.0. The van der Waals surface area contributed by atoms with Gasteiger partial charge in [-0.25, -0.2) is 14.8 Å². The highest BCUT2D eigenvalue weighted by atomic mass is 19.4. The smallest absolute Gasteiger partial charge is 0.416 e. The molecule has 1 heterocycles. The van der Waals surface area contributed by atoms with Crippen LogP contribution in [-0.2, 0) is 23.8 Å². The molecule has 2 aromatic carbocycles. The Labute approximate surface area is 200 Å². The van der Waals surface area contributed by atoms with Crippen molar-refractivity contribution in [3.8, 4) is 11.3 Å². The molecule has 0 fully saturated rings. The Hall–Kier alpha value is -3.66. The van der Waals surface area contributed by atoms with Gasteiger partial charge in [-0.05, 0) is 69.0 Å². The topological polar surface area (TPSA) is 96.4 Å². The summed E-state index contributed by atoms with van der Waals surface area (Å²) in [6.07, 6.45) is -3.39. The number of benzene rings is 2. The quantitative estimate of drug-likeness (QED) is 0.437. The van der Waals surface area contributed by atoms with E-state index in [0.29, 0.717) is 24.4 Å². The zero-order chi connectivity index (χ0) is 25.4. The van der Waals surface area contributed by atoms with E-state index in [-0.39, 0.29) is 17.4 Å². The Kier molecular flexibility index (Phi) is 6.42. The maximum absolute atomic E-state index is 13.3. The molecule has 35 heavy (non-hydrogen) atoms. The summed E-state index contributed by atoms with van der Waals surface area (Å²) < 4.78 is 45.2. The molecule has 4 rings (SSSR count). The van der Waals surface area contributed by atoms with E-state index in [1.54, 1.807) is 26.8 Å². The van der Waals surface area contributed by atoms with Crippen molar-refractivity contribution in [2.75, 3.05) is 10.6 Å². The molecular weight excluding hydrogens is 461 g/mol. The van der Waals surface area contributed by atoms with E-state index in [4.69, 9.17) is 4.74 Å². The van der Waals surface area contributed by atoms with E-state index in [9.17, 15) is 23.1 Å². The summed E-state index contributed by atoms with van der Waals surface area (Å²) in [5.41, 5.74) is 1.62. The molecule has 1 aliphatic carbocycles. The molecule has 3 aromatic rings. The molecule has 0 radical (unpaired) electrons. The predicted molar refractivity (Wildman–Crippen MR) is 125 cm³/mol. The van der Waals surface area contributed by atoms with E-state index in [1.165, 1.54) is 12.4 Å². The zero-order valence-corrected chi connectivity index (χ0v) is 19.4. The van der Waals surface area contributed by atoms with E-state index < -0.39 is 23.4 Å². The first-order chi connectivity index (χ1) is 16.4. The minimum atomic E-state index is -4.59.